The number of benzene rings is 1. The van der Waals surface area contributed by atoms with Gasteiger partial charge in [0.05, 0.1) is 13.2 Å². The van der Waals surface area contributed by atoms with Crippen LogP contribution in [-0.2, 0) is 9.59 Å². The predicted molar refractivity (Wildman–Crippen MR) is 108 cm³/mol. The summed E-state index contributed by atoms with van der Waals surface area (Å²) >= 11 is 0. The lowest BCUT2D eigenvalue weighted by Crippen LogP contribution is -2.52. The quantitative estimate of drug-likeness (QED) is 0.687. The Bertz CT molecular complexity index is 696. The summed E-state index contributed by atoms with van der Waals surface area (Å²) in [6.45, 7) is 4.85. The Hall–Kier alpha value is -2.45. The summed E-state index contributed by atoms with van der Waals surface area (Å²) in [4.78, 5) is 43.0. The van der Waals surface area contributed by atoms with Crippen LogP contribution in [0.15, 0.2) is 30.3 Å². The molecule has 0 atom stereocenters. The largest absolute Gasteiger partial charge is 0.395 e. The highest BCUT2D eigenvalue weighted by molar-refractivity contribution is 5.96. The Labute approximate surface area is 171 Å². The number of aliphatic hydroxyl groups excluding tert-OH is 1. The van der Waals surface area contributed by atoms with Crippen LogP contribution in [0.1, 0.15) is 23.2 Å². The molecule has 0 aliphatic carbocycles. The van der Waals surface area contributed by atoms with Crippen molar-refractivity contribution >= 4 is 17.7 Å². The van der Waals surface area contributed by atoms with Gasteiger partial charge in [-0.05, 0) is 25.0 Å². The van der Waals surface area contributed by atoms with Crippen molar-refractivity contribution in [3.05, 3.63) is 35.9 Å². The molecule has 0 unspecified atom stereocenters. The highest BCUT2D eigenvalue weighted by atomic mass is 16.3. The van der Waals surface area contributed by atoms with Crippen molar-refractivity contribution in [1.82, 2.24) is 20.0 Å². The monoisotopic (exact) mass is 402 g/mol. The number of rotatable bonds is 6. The van der Waals surface area contributed by atoms with Gasteiger partial charge >= 0.3 is 0 Å². The minimum absolute atomic E-state index is 0.0286. The van der Waals surface area contributed by atoms with Crippen LogP contribution >= 0.6 is 0 Å². The van der Waals surface area contributed by atoms with E-state index in [-0.39, 0.29) is 36.8 Å². The van der Waals surface area contributed by atoms with Crippen molar-refractivity contribution in [3.8, 4) is 0 Å². The Morgan fingerprint density at radius 3 is 2.21 bits per heavy atom. The molecule has 2 aliphatic rings. The van der Waals surface area contributed by atoms with Crippen molar-refractivity contribution in [2.75, 3.05) is 59.0 Å². The smallest absolute Gasteiger partial charge is 0.251 e. The van der Waals surface area contributed by atoms with Crippen LogP contribution in [0.3, 0.4) is 0 Å². The van der Waals surface area contributed by atoms with Crippen LogP contribution in [0.4, 0.5) is 0 Å². The Morgan fingerprint density at radius 1 is 0.931 bits per heavy atom. The second-order valence-electron chi connectivity index (χ2n) is 7.59. The fourth-order valence-electron chi connectivity index (χ4n) is 3.93. The van der Waals surface area contributed by atoms with Crippen molar-refractivity contribution in [1.29, 1.82) is 0 Å². The number of piperazine rings is 1. The molecule has 0 radical (unpaired) electrons. The predicted octanol–water partition coefficient (Wildman–Crippen LogP) is -0.208. The van der Waals surface area contributed by atoms with Crippen LogP contribution in [0.5, 0.6) is 0 Å². The zero-order valence-corrected chi connectivity index (χ0v) is 16.8. The number of likely N-dealkylation sites (tertiary alicyclic amines) is 1. The van der Waals surface area contributed by atoms with Gasteiger partial charge in [0.2, 0.25) is 11.8 Å². The van der Waals surface area contributed by atoms with Gasteiger partial charge in [0, 0.05) is 57.3 Å². The summed E-state index contributed by atoms with van der Waals surface area (Å²) in [6, 6.07) is 8.82. The maximum Gasteiger partial charge on any atom is 0.251 e. The molecule has 8 heteroatoms. The summed E-state index contributed by atoms with van der Waals surface area (Å²) in [6.07, 6.45) is 1.32. The number of amides is 3. The topological polar surface area (TPSA) is 93.2 Å². The van der Waals surface area contributed by atoms with Gasteiger partial charge in [-0.1, -0.05) is 18.2 Å². The van der Waals surface area contributed by atoms with E-state index in [1.54, 1.807) is 29.2 Å². The molecule has 158 valence electrons. The standard InChI is InChI=1S/C21H30N4O4/c26-15-14-23-10-12-25(13-11-23)21(29)18-6-8-24(9-7-18)19(27)16-22-20(28)17-4-2-1-3-5-17/h1-5,18,26H,6-16H2,(H,22,28). The Morgan fingerprint density at radius 2 is 1.59 bits per heavy atom. The van der Waals surface area contributed by atoms with Gasteiger partial charge in [0.25, 0.3) is 5.91 Å². The molecule has 1 aromatic rings. The van der Waals surface area contributed by atoms with E-state index >= 15 is 0 Å². The average molecular weight is 402 g/mol. The summed E-state index contributed by atoms with van der Waals surface area (Å²) < 4.78 is 0. The van der Waals surface area contributed by atoms with Gasteiger partial charge in [-0.15, -0.1) is 0 Å². The number of aliphatic hydroxyl groups is 1. The first-order valence-corrected chi connectivity index (χ1v) is 10.3. The van der Waals surface area contributed by atoms with E-state index in [1.165, 1.54) is 0 Å². The molecule has 3 amide bonds. The molecule has 2 N–H and O–H groups in total. The van der Waals surface area contributed by atoms with Crippen molar-refractivity contribution in [2.24, 2.45) is 5.92 Å². The molecule has 2 aliphatic heterocycles. The second-order valence-corrected chi connectivity index (χ2v) is 7.59. The molecule has 0 aromatic heterocycles. The van der Waals surface area contributed by atoms with Crippen molar-refractivity contribution in [3.63, 3.8) is 0 Å². The van der Waals surface area contributed by atoms with Crippen LogP contribution in [-0.4, -0.2) is 96.5 Å². The molecule has 0 saturated carbocycles. The Balaban J connectivity index is 1.39. The van der Waals surface area contributed by atoms with Crippen LogP contribution < -0.4 is 5.32 Å². The third kappa shape index (κ3) is 5.77. The van der Waals surface area contributed by atoms with Gasteiger partial charge in [-0.2, -0.15) is 0 Å². The van der Waals surface area contributed by atoms with Crippen molar-refractivity contribution < 1.29 is 19.5 Å². The van der Waals surface area contributed by atoms with Gasteiger partial charge < -0.3 is 20.2 Å². The molecule has 0 bridgehead atoms. The number of nitrogens with zero attached hydrogens (tertiary/aromatic N) is 3. The van der Waals surface area contributed by atoms with E-state index in [4.69, 9.17) is 5.11 Å². The molecule has 29 heavy (non-hydrogen) atoms. The van der Waals surface area contributed by atoms with Gasteiger partial charge in [0.15, 0.2) is 0 Å². The van der Waals surface area contributed by atoms with Crippen LogP contribution in [0.25, 0.3) is 0 Å². The number of hydrogen-bond acceptors (Lipinski definition) is 5. The third-order valence-corrected chi connectivity index (χ3v) is 5.73. The first-order valence-electron chi connectivity index (χ1n) is 10.3. The molecule has 0 spiro atoms. The molecular weight excluding hydrogens is 372 g/mol. The number of β-amino-alcohol motifs (C(OH)–C–C–N with tert-alkyl or cyclic N) is 1. The number of carbonyl (C=O) groups is 3. The maximum absolute atomic E-state index is 12.8. The molecule has 2 heterocycles. The lowest BCUT2D eigenvalue weighted by atomic mass is 9.95. The van der Waals surface area contributed by atoms with E-state index in [1.807, 2.05) is 11.0 Å². The number of carbonyl (C=O) groups excluding carboxylic acids is 3. The number of piperidine rings is 1. The fraction of sp³-hybridized carbons (Fsp3) is 0.571. The number of hydrogen-bond donors (Lipinski definition) is 2. The van der Waals surface area contributed by atoms with Crippen molar-refractivity contribution in [2.45, 2.75) is 12.8 Å². The fourth-order valence-corrected chi connectivity index (χ4v) is 3.93. The zero-order chi connectivity index (χ0) is 20.6. The SMILES string of the molecule is O=C(NCC(=O)N1CCC(C(=O)N2CCN(CCO)CC2)CC1)c1ccccc1. The zero-order valence-electron chi connectivity index (χ0n) is 16.8. The minimum atomic E-state index is -0.260. The lowest BCUT2D eigenvalue weighted by Gasteiger charge is -2.38. The lowest BCUT2D eigenvalue weighted by molar-refractivity contribution is -0.141. The molecule has 3 rings (SSSR count). The van der Waals surface area contributed by atoms with Crippen LogP contribution in [0.2, 0.25) is 0 Å². The summed E-state index contributed by atoms with van der Waals surface area (Å²) in [5, 5.41) is 11.7. The summed E-state index contributed by atoms with van der Waals surface area (Å²) in [5.74, 6) is -0.234. The van der Waals surface area contributed by atoms with E-state index in [0.29, 0.717) is 51.1 Å². The van der Waals surface area contributed by atoms with Gasteiger partial charge in [-0.25, -0.2) is 0 Å². The molecule has 8 nitrogen and oxygen atoms in total. The average Bonchev–Trinajstić information content (AvgIpc) is 2.78. The second kappa shape index (κ2) is 10.4. The number of nitrogens with one attached hydrogen (secondary N) is 1. The highest BCUT2D eigenvalue weighted by Crippen LogP contribution is 2.20. The van der Waals surface area contributed by atoms with E-state index in [0.717, 1.165) is 13.1 Å². The van der Waals surface area contributed by atoms with Gasteiger partial charge in [0.1, 0.15) is 0 Å². The van der Waals surface area contributed by atoms with Crippen LogP contribution in [0, 0.1) is 5.92 Å². The Kier molecular flexibility index (Phi) is 7.60. The normalized spacial score (nSPS) is 18.5. The first kappa shape index (κ1) is 21.3. The van der Waals surface area contributed by atoms with E-state index in [2.05, 4.69) is 10.2 Å². The maximum atomic E-state index is 12.8. The van der Waals surface area contributed by atoms with Gasteiger partial charge in [-0.3, -0.25) is 19.3 Å². The summed E-state index contributed by atoms with van der Waals surface area (Å²) in [7, 11) is 0. The molecule has 1 aromatic carbocycles. The third-order valence-electron chi connectivity index (χ3n) is 5.73. The summed E-state index contributed by atoms with van der Waals surface area (Å²) in [5.41, 5.74) is 0.531. The van der Waals surface area contributed by atoms with E-state index < -0.39 is 0 Å². The highest BCUT2D eigenvalue weighted by Gasteiger charge is 2.31. The molecule has 2 saturated heterocycles. The van der Waals surface area contributed by atoms with E-state index in [9.17, 15) is 14.4 Å². The molecule has 2 fully saturated rings. The minimum Gasteiger partial charge on any atom is -0.395 e. The first-order chi connectivity index (χ1) is 14.1. The molecular formula is C21H30N4O4.